The molecule has 0 aliphatic carbocycles. The van der Waals surface area contributed by atoms with Crippen LogP contribution in [0.2, 0.25) is 0 Å². The molecule has 0 fully saturated rings. The van der Waals surface area contributed by atoms with Crippen LogP contribution in [0, 0.1) is 6.92 Å². The third kappa shape index (κ3) is 7.96. The molecule has 0 atom stereocenters. The van der Waals surface area contributed by atoms with Crippen LogP contribution in [-0.4, -0.2) is 29.9 Å². The zero-order valence-corrected chi connectivity index (χ0v) is 35.2. The third-order valence-electron chi connectivity index (χ3n) is 11.5. The molecular formula is C56H35F3N6O. The lowest BCUT2D eigenvalue weighted by atomic mass is 9.99. The van der Waals surface area contributed by atoms with Crippen LogP contribution in [-0.2, 0) is 6.18 Å². The topological polar surface area (TPSA) is 90.5 Å². The van der Waals surface area contributed by atoms with E-state index >= 15 is 0 Å². The van der Waals surface area contributed by atoms with Gasteiger partial charge in [-0.25, -0.2) is 29.9 Å². The number of hydrogen-bond donors (Lipinski definition) is 0. The van der Waals surface area contributed by atoms with Crippen molar-refractivity contribution in [3.8, 4) is 90.6 Å². The number of fused-ring (bicyclic) bond motifs is 3. The molecule has 0 amide bonds. The van der Waals surface area contributed by atoms with Crippen LogP contribution in [0.5, 0.6) is 0 Å². The highest BCUT2D eigenvalue weighted by atomic mass is 19.4. The minimum Gasteiger partial charge on any atom is -0.456 e. The molecule has 0 N–H and O–H groups in total. The average Bonchev–Trinajstić information content (AvgIpc) is 3.74. The van der Waals surface area contributed by atoms with Crippen LogP contribution < -0.4 is 0 Å². The van der Waals surface area contributed by atoms with Crippen molar-refractivity contribution in [1.82, 2.24) is 29.9 Å². The van der Waals surface area contributed by atoms with Crippen molar-refractivity contribution in [1.29, 1.82) is 0 Å². The molecule has 0 radical (unpaired) electrons. The lowest BCUT2D eigenvalue weighted by molar-refractivity contribution is -0.137. The van der Waals surface area contributed by atoms with E-state index in [-0.39, 0.29) is 5.82 Å². The van der Waals surface area contributed by atoms with Crippen molar-refractivity contribution in [3.63, 3.8) is 0 Å². The number of aromatic nitrogens is 6. The molecule has 11 aromatic rings. The molecule has 316 valence electrons. The fourth-order valence-corrected chi connectivity index (χ4v) is 7.97. The van der Waals surface area contributed by atoms with Crippen LogP contribution in [0.15, 0.2) is 199 Å². The summed E-state index contributed by atoms with van der Waals surface area (Å²) in [5, 5.41) is 1.98. The number of alkyl halides is 3. The number of benzene rings is 8. The van der Waals surface area contributed by atoms with E-state index < -0.39 is 11.7 Å². The van der Waals surface area contributed by atoms with Gasteiger partial charge in [0.2, 0.25) is 0 Å². The number of hydrogen-bond acceptors (Lipinski definition) is 7. The molecular weight excluding hydrogens is 830 g/mol. The summed E-state index contributed by atoms with van der Waals surface area (Å²) in [6.45, 7) is 2.06. The molecule has 0 saturated carbocycles. The third-order valence-corrected chi connectivity index (χ3v) is 11.5. The SMILES string of the molecule is Cc1ccc(-c2nc(-c3ccccc3)nc(-c3ccc(-c4ccc5oc6ccc(-c7ccc(-c8nc(-c9ccccc9)nc(-c9ccc(C(F)(F)F)cc9)n8)cc7)cc6c5c4)cc3)n2)cc1. The number of aryl methyl sites for hydroxylation is 1. The zero-order valence-electron chi connectivity index (χ0n) is 35.2. The summed E-state index contributed by atoms with van der Waals surface area (Å²) in [7, 11) is 0. The molecule has 3 heterocycles. The molecule has 0 bridgehead atoms. The first-order chi connectivity index (χ1) is 32.2. The van der Waals surface area contributed by atoms with Crippen molar-refractivity contribution < 1.29 is 17.6 Å². The summed E-state index contributed by atoms with van der Waals surface area (Å²) < 4.78 is 46.4. The Bertz CT molecular complexity index is 3540. The summed E-state index contributed by atoms with van der Waals surface area (Å²) in [6, 6.07) is 61.0. The predicted octanol–water partition coefficient (Wildman–Crippen LogP) is 14.6. The van der Waals surface area contributed by atoms with Gasteiger partial charge in [-0.3, -0.25) is 0 Å². The van der Waals surface area contributed by atoms with Gasteiger partial charge in [0.05, 0.1) is 5.56 Å². The van der Waals surface area contributed by atoms with Gasteiger partial charge in [-0.15, -0.1) is 0 Å². The van der Waals surface area contributed by atoms with E-state index in [9.17, 15) is 13.2 Å². The Hall–Kier alpha value is -8.63. The molecule has 66 heavy (non-hydrogen) atoms. The van der Waals surface area contributed by atoms with E-state index in [1.807, 2.05) is 127 Å². The van der Waals surface area contributed by atoms with E-state index in [1.54, 1.807) is 0 Å². The summed E-state index contributed by atoms with van der Waals surface area (Å²) in [5.74, 6) is 2.91. The number of nitrogens with zero attached hydrogens (tertiary/aromatic N) is 6. The molecule has 7 nitrogen and oxygen atoms in total. The molecule has 0 saturated heterocycles. The highest BCUT2D eigenvalue weighted by Gasteiger charge is 2.30. The summed E-state index contributed by atoms with van der Waals surface area (Å²) >= 11 is 0. The van der Waals surface area contributed by atoms with E-state index in [2.05, 4.69) is 54.4 Å². The number of furan rings is 1. The minimum absolute atomic E-state index is 0.275. The van der Waals surface area contributed by atoms with Crippen molar-refractivity contribution in [3.05, 3.63) is 205 Å². The van der Waals surface area contributed by atoms with Crippen LogP contribution in [0.25, 0.3) is 113 Å². The van der Waals surface area contributed by atoms with Gasteiger partial charge in [-0.2, -0.15) is 13.2 Å². The van der Waals surface area contributed by atoms with Gasteiger partial charge < -0.3 is 4.42 Å². The normalized spacial score (nSPS) is 11.6. The average molecular weight is 865 g/mol. The molecule has 0 unspecified atom stereocenters. The highest BCUT2D eigenvalue weighted by Crippen LogP contribution is 2.37. The van der Waals surface area contributed by atoms with Gasteiger partial charge >= 0.3 is 6.18 Å². The van der Waals surface area contributed by atoms with Crippen molar-refractivity contribution in [2.45, 2.75) is 13.1 Å². The van der Waals surface area contributed by atoms with Crippen LogP contribution >= 0.6 is 0 Å². The monoisotopic (exact) mass is 864 g/mol. The van der Waals surface area contributed by atoms with Crippen molar-refractivity contribution >= 4 is 21.9 Å². The van der Waals surface area contributed by atoms with E-state index in [0.29, 0.717) is 34.7 Å². The molecule has 10 heteroatoms. The van der Waals surface area contributed by atoms with E-state index in [1.165, 1.54) is 12.1 Å². The van der Waals surface area contributed by atoms with Crippen molar-refractivity contribution in [2.24, 2.45) is 0 Å². The van der Waals surface area contributed by atoms with Crippen molar-refractivity contribution in [2.75, 3.05) is 0 Å². The van der Waals surface area contributed by atoms with Crippen LogP contribution in [0.1, 0.15) is 11.1 Å². The van der Waals surface area contributed by atoms with Gasteiger partial charge in [-0.1, -0.05) is 163 Å². The minimum atomic E-state index is -4.45. The van der Waals surface area contributed by atoms with Gasteiger partial charge in [0, 0.05) is 44.2 Å². The smallest absolute Gasteiger partial charge is 0.416 e. The number of rotatable bonds is 8. The Morgan fingerprint density at radius 2 is 0.606 bits per heavy atom. The van der Waals surface area contributed by atoms with Gasteiger partial charge in [0.1, 0.15) is 11.2 Å². The Labute approximate surface area is 377 Å². The summed E-state index contributed by atoms with van der Waals surface area (Å²) in [4.78, 5) is 28.8. The second-order valence-corrected chi connectivity index (χ2v) is 16.0. The maximum absolute atomic E-state index is 13.4. The molecule has 0 spiro atoms. The van der Waals surface area contributed by atoms with Gasteiger partial charge in [-0.05, 0) is 65.6 Å². The molecule has 8 aromatic carbocycles. The first-order valence-corrected chi connectivity index (χ1v) is 21.2. The standard InChI is InChI=1S/C56H35F3N6O/c1-34-12-14-39(15-13-34)52-60-50(37-8-4-2-5-9-37)61-53(64-52)40-20-16-35(17-21-40)43-26-30-48-46(32-43)47-33-44(27-31-49(47)66-48)36-18-22-41(23-19-36)54-62-51(38-10-6-3-7-11-38)63-55(65-54)42-24-28-45(29-25-42)56(57,58)59/h2-33H,1H3. The molecule has 11 rings (SSSR count). The largest absolute Gasteiger partial charge is 0.456 e. The van der Waals surface area contributed by atoms with Crippen LogP contribution in [0.4, 0.5) is 13.2 Å². The zero-order chi connectivity index (χ0) is 44.8. The number of halogens is 3. The van der Waals surface area contributed by atoms with E-state index in [4.69, 9.17) is 29.3 Å². The van der Waals surface area contributed by atoms with Gasteiger partial charge in [0.15, 0.2) is 34.9 Å². The Morgan fingerprint density at radius 1 is 0.318 bits per heavy atom. The first kappa shape index (κ1) is 40.2. The quantitative estimate of drug-likeness (QED) is 0.150. The highest BCUT2D eigenvalue weighted by molar-refractivity contribution is 6.07. The Balaban J connectivity index is 0.896. The lowest BCUT2D eigenvalue weighted by Crippen LogP contribution is -2.04. The maximum atomic E-state index is 13.4. The lowest BCUT2D eigenvalue weighted by Gasteiger charge is -2.10. The van der Waals surface area contributed by atoms with Gasteiger partial charge in [0.25, 0.3) is 0 Å². The first-order valence-electron chi connectivity index (χ1n) is 21.2. The fraction of sp³-hybridized carbons (Fsp3) is 0.0357. The predicted molar refractivity (Wildman–Crippen MR) is 254 cm³/mol. The Kier molecular flexibility index (Phi) is 10.0. The second-order valence-electron chi connectivity index (χ2n) is 16.0. The van der Waals surface area contributed by atoms with E-state index in [0.717, 1.165) is 89.7 Å². The molecule has 0 aliphatic rings. The summed E-state index contributed by atoms with van der Waals surface area (Å²) in [6.07, 6.45) is -4.45. The van der Waals surface area contributed by atoms with Crippen LogP contribution in [0.3, 0.4) is 0 Å². The molecule has 3 aromatic heterocycles. The second kappa shape index (κ2) is 16.5. The fourth-order valence-electron chi connectivity index (χ4n) is 7.97. The molecule has 0 aliphatic heterocycles. The Morgan fingerprint density at radius 3 is 0.955 bits per heavy atom. The summed E-state index contributed by atoms with van der Waals surface area (Å²) in [5.41, 5.74) is 10.7. The maximum Gasteiger partial charge on any atom is 0.416 e.